The van der Waals surface area contributed by atoms with Gasteiger partial charge in [-0.15, -0.1) is 16.8 Å². The number of fused-ring (bicyclic) bond motifs is 1. The summed E-state index contributed by atoms with van der Waals surface area (Å²) in [7, 11) is -4.01. The normalized spacial score (nSPS) is 20.7. The van der Waals surface area contributed by atoms with Gasteiger partial charge in [0.2, 0.25) is 33.6 Å². The van der Waals surface area contributed by atoms with E-state index in [-0.39, 0.29) is 31.7 Å². The molecule has 5 rings (SSSR count). The molecule has 2 heterocycles. The highest BCUT2D eigenvalue weighted by molar-refractivity contribution is 7.91. The molecule has 2 aliphatic carbocycles. The highest BCUT2D eigenvalue weighted by atomic mass is 32.2. The molecule has 3 fully saturated rings. The number of halogens is 2. The number of hydrogen-bond acceptors (Lipinski definition) is 11. The lowest BCUT2D eigenvalue weighted by molar-refractivity contribution is -0.152. The molecule has 0 radical (unpaired) electrons. The van der Waals surface area contributed by atoms with Crippen LogP contribution in [-0.4, -0.2) is 100 Å². The standard InChI is InChI=1S/C40H56F2N6O9S/c1-8-11-12-13-16-25(9-2)30(43-36(52)57-37(4,5)39(7,41)42)34(50)48-24-26(56-33-28-18-15-14-17-27(28)32(45-46-33)55-10-3)23-29(48)31(49)44-40(21-22-40)35(51)47-58(53,54)38(6)19-20-38/h8,14-15,17-18,25-26,29-30H,1,9-13,16,19-24H2,2-7H3,(H,43,52)(H,44,49)(H,47,51)/t25?,26-,29?,30+/m1/s1. The van der Waals surface area contributed by atoms with Crippen molar-refractivity contribution in [2.45, 2.75) is 146 Å². The molecule has 2 saturated carbocycles. The summed E-state index contributed by atoms with van der Waals surface area (Å²) in [5, 5.41) is 14.9. The molecule has 15 nitrogen and oxygen atoms in total. The molecule has 2 aromatic rings. The molecular formula is C40H56F2N6O9S. The van der Waals surface area contributed by atoms with Crippen LogP contribution in [0.5, 0.6) is 11.8 Å². The van der Waals surface area contributed by atoms with Crippen molar-refractivity contribution >= 4 is 44.6 Å². The monoisotopic (exact) mass is 834 g/mol. The summed E-state index contributed by atoms with van der Waals surface area (Å²) in [5.74, 6) is -5.82. The van der Waals surface area contributed by atoms with Gasteiger partial charge in [-0.2, -0.15) is 0 Å². The molecule has 3 N–H and O–H groups in total. The lowest BCUT2D eigenvalue weighted by atomic mass is 9.89. The van der Waals surface area contributed by atoms with Crippen molar-refractivity contribution in [3.8, 4) is 11.8 Å². The number of nitrogens with zero attached hydrogens (tertiary/aromatic N) is 3. The van der Waals surface area contributed by atoms with E-state index in [9.17, 15) is 36.4 Å². The van der Waals surface area contributed by atoms with Gasteiger partial charge < -0.3 is 29.7 Å². The van der Waals surface area contributed by atoms with Gasteiger partial charge in [0, 0.05) is 13.3 Å². The first-order valence-corrected chi connectivity index (χ1v) is 21.4. The van der Waals surface area contributed by atoms with E-state index in [1.54, 1.807) is 37.3 Å². The second kappa shape index (κ2) is 17.3. The van der Waals surface area contributed by atoms with E-state index in [1.807, 2.05) is 13.8 Å². The first-order valence-electron chi connectivity index (χ1n) is 19.9. The Balaban J connectivity index is 1.46. The molecule has 4 atom stereocenters. The number of hydrogen-bond donors (Lipinski definition) is 3. The lowest BCUT2D eigenvalue weighted by Crippen LogP contribution is -2.59. The average molecular weight is 835 g/mol. The van der Waals surface area contributed by atoms with E-state index >= 15 is 0 Å². The van der Waals surface area contributed by atoms with Crippen LogP contribution in [0.25, 0.3) is 10.8 Å². The Bertz CT molecular complexity index is 1980. The van der Waals surface area contributed by atoms with Crippen molar-refractivity contribution in [3.63, 3.8) is 0 Å². The Morgan fingerprint density at radius 1 is 1.03 bits per heavy atom. The van der Waals surface area contributed by atoms with Crippen molar-refractivity contribution in [3.05, 3.63) is 36.9 Å². The quantitative estimate of drug-likeness (QED) is 0.115. The summed E-state index contributed by atoms with van der Waals surface area (Å²) in [4.78, 5) is 57.2. The number of alkyl carbamates (subject to hydrolysis) is 1. The summed E-state index contributed by atoms with van der Waals surface area (Å²) in [6, 6.07) is 4.55. The smallest absolute Gasteiger partial charge is 0.408 e. The lowest BCUT2D eigenvalue weighted by Gasteiger charge is -2.35. The minimum Gasteiger partial charge on any atom is -0.476 e. The fourth-order valence-corrected chi connectivity index (χ4v) is 8.22. The van der Waals surface area contributed by atoms with E-state index in [4.69, 9.17) is 14.2 Å². The number of benzene rings is 1. The van der Waals surface area contributed by atoms with Gasteiger partial charge in [-0.1, -0.05) is 38.0 Å². The van der Waals surface area contributed by atoms with Gasteiger partial charge in [0.05, 0.1) is 28.7 Å². The molecule has 0 bridgehead atoms. The van der Waals surface area contributed by atoms with E-state index in [0.29, 0.717) is 62.3 Å². The molecule has 4 amide bonds. The minimum atomic E-state index is -4.01. The van der Waals surface area contributed by atoms with Crippen LogP contribution in [0.1, 0.15) is 106 Å². The van der Waals surface area contributed by atoms with Crippen LogP contribution in [0.4, 0.5) is 13.6 Å². The summed E-state index contributed by atoms with van der Waals surface area (Å²) >= 11 is 0. The predicted molar refractivity (Wildman–Crippen MR) is 211 cm³/mol. The number of amides is 4. The molecule has 2 unspecified atom stereocenters. The summed E-state index contributed by atoms with van der Waals surface area (Å²) in [6.07, 6.45) is 3.71. The SMILES string of the molecule is C=CCCCCC(CC)[C@H](NC(=O)OC(C)(C)C(C)(F)F)C(=O)N1C[C@H](Oc2nnc(OCC)c3ccccc23)CC1C(=O)NC1(C(=O)NS(=O)(=O)C2(C)CC2)CC1. The minimum absolute atomic E-state index is 0.0861. The maximum Gasteiger partial charge on any atom is 0.408 e. The summed E-state index contributed by atoms with van der Waals surface area (Å²) in [5.41, 5.74) is -3.74. The number of unbranched alkanes of at least 4 members (excludes halogenated alkanes) is 2. The Hall–Kier alpha value is -4.61. The summed E-state index contributed by atoms with van der Waals surface area (Å²) in [6.45, 7) is 11.8. The van der Waals surface area contributed by atoms with Gasteiger partial charge in [-0.05, 0) is 90.7 Å². The first kappa shape index (κ1) is 44.5. The maximum absolute atomic E-state index is 14.8. The fraction of sp³-hybridized carbons (Fsp3) is 0.650. The van der Waals surface area contributed by atoms with E-state index < -0.39 is 79.8 Å². The summed E-state index contributed by atoms with van der Waals surface area (Å²) < 4.78 is 73.0. The molecular weight excluding hydrogens is 779 g/mol. The van der Waals surface area contributed by atoms with Crippen LogP contribution in [-0.2, 0) is 29.1 Å². The van der Waals surface area contributed by atoms with Gasteiger partial charge in [0.1, 0.15) is 23.7 Å². The molecule has 1 aromatic heterocycles. The van der Waals surface area contributed by atoms with Crippen molar-refractivity contribution < 1.29 is 50.6 Å². The van der Waals surface area contributed by atoms with Gasteiger partial charge >= 0.3 is 6.09 Å². The second-order valence-corrected chi connectivity index (χ2v) is 18.6. The topological polar surface area (TPSA) is 195 Å². The molecule has 0 spiro atoms. The number of rotatable bonds is 20. The number of carbonyl (C=O) groups excluding carboxylic acids is 4. The van der Waals surface area contributed by atoms with Crippen molar-refractivity contribution in [1.29, 1.82) is 0 Å². The number of nitrogens with one attached hydrogen (secondary N) is 3. The maximum atomic E-state index is 14.8. The van der Waals surface area contributed by atoms with Crippen LogP contribution in [0, 0.1) is 5.92 Å². The fourth-order valence-electron chi connectivity index (χ4n) is 6.90. The number of aromatic nitrogens is 2. The number of likely N-dealkylation sites (tertiary alicyclic amines) is 1. The van der Waals surface area contributed by atoms with Crippen LogP contribution in [0.3, 0.4) is 0 Å². The van der Waals surface area contributed by atoms with Crippen molar-refractivity contribution in [2.24, 2.45) is 5.92 Å². The average Bonchev–Trinajstić information content (AvgIpc) is 4.07. The number of alkyl halides is 2. The first-order chi connectivity index (χ1) is 27.2. The molecule has 58 heavy (non-hydrogen) atoms. The van der Waals surface area contributed by atoms with Gasteiger partial charge in [-0.3, -0.25) is 19.1 Å². The largest absolute Gasteiger partial charge is 0.476 e. The molecule has 3 aliphatic rings. The molecule has 1 aliphatic heterocycles. The number of sulfonamides is 1. The van der Waals surface area contributed by atoms with Crippen LogP contribution >= 0.6 is 0 Å². The van der Waals surface area contributed by atoms with Gasteiger partial charge in [-0.25, -0.2) is 22.0 Å². The number of ether oxygens (including phenoxy) is 3. The third-order valence-electron chi connectivity index (χ3n) is 11.6. The van der Waals surface area contributed by atoms with E-state index in [2.05, 4.69) is 32.1 Å². The van der Waals surface area contributed by atoms with Crippen LogP contribution < -0.4 is 24.8 Å². The van der Waals surface area contributed by atoms with Crippen LogP contribution in [0.2, 0.25) is 0 Å². The molecule has 18 heteroatoms. The van der Waals surface area contributed by atoms with Crippen LogP contribution in [0.15, 0.2) is 36.9 Å². The number of carbonyl (C=O) groups is 4. The highest BCUT2D eigenvalue weighted by Crippen LogP contribution is 2.44. The predicted octanol–water partition coefficient (Wildman–Crippen LogP) is 5.33. The highest BCUT2D eigenvalue weighted by Gasteiger charge is 2.58. The van der Waals surface area contributed by atoms with Gasteiger partial charge in [0.15, 0.2) is 5.60 Å². The molecule has 1 saturated heterocycles. The van der Waals surface area contributed by atoms with Crippen molar-refractivity contribution in [2.75, 3.05) is 13.2 Å². The zero-order valence-corrected chi connectivity index (χ0v) is 34.9. The Kier molecular flexibility index (Phi) is 13.3. The Morgan fingerprint density at radius 3 is 2.24 bits per heavy atom. The van der Waals surface area contributed by atoms with E-state index in [1.165, 1.54) is 4.90 Å². The van der Waals surface area contributed by atoms with Gasteiger partial charge in [0.25, 0.3) is 11.8 Å². The van der Waals surface area contributed by atoms with E-state index in [0.717, 1.165) is 26.7 Å². The third kappa shape index (κ3) is 9.80. The zero-order chi connectivity index (χ0) is 42.7. The second-order valence-electron chi connectivity index (χ2n) is 16.4. The Labute approximate surface area is 338 Å². The Morgan fingerprint density at radius 2 is 1.67 bits per heavy atom. The third-order valence-corrected chi connectivity index (χ3v) is 13.7. The zero-order valence-electron chi connectivity index (χ0n) is 34.1. The number of allylic oxidation sites excluding steroid dienone is 1. The molecule has 1 aromatic carbocycles. The molecule has 320 valence electrons. The van der Waals surface area contributed by atoms with Crippen molar-refractivity contribution in [1.82, 2.24) is 30.5 Å².